The van der Waals surface area contributed by atoms with Gasteiger partial charge in [0, 0.05) is 11.4 Å². The Morgan fingerprint density at radius 1 is 1.22 bits per heavy atom. The van der Waals surface area contributed by atoms with Crippen LogP contribution in [0, 0.1) is 23.7 Å². The Balaban J connectivity index is 2.12. The van der Waals surface area contributed by atoms with Crippen LogP contribution < -0.4 is 0 Å². The van der Waals surface area contributed by atoms with Crippen LogP contribution in [0.5, 0.6) is 0 Å². The van der Waals surface area contributed by atoms with Crippen molar-refractivity contribution in [2.75, 3.05) is 0 Å². The highest BCUT2D eigenvalue weighted by Crippen LogP contribution is 2.69. The molecule has 0 heterocycles. The molecule has 100 valence electrons. The molecule has 0 aliphatic heterocycles. The zero-order chi connectivity index (χ0) is 13.7. The first-order valence-electron chi connectivity index (χ1n) is 6.61. The molecule has 0 radical (unpaired) electrons. The summed E-state index contributed by atoms with van der Waals surface area (Å²) < 4.78 is 0. The number of hydrogen-bond acceptors (Lipinski definition) is 1. The Hall–Kier alpha value is -0.530. The van der Waals surface area contributed by atoms with Gasteiger partial charge in [-0.2, -0.15) is 0 Å². The predicted octanol–water partition coefficient (Wildman–Crippen LogP) is 4.23. The number of halogens is 1. The van der Waals surface area contributed by atoms with E-state index in [1.54, 1.807) is 0 Å². The molecule has 2 rings (SSSR count). The van der Waals surface area contributed by atoms with Crippen LogP contribution in [0.25, 0.3) is 0 Å². The summed E-state index contributed by atoms with van der Waals surface area (Å²) in [5.41, 5.74) is 2.63. The Bertz CT molecular complexity index is 448. The van der Waals surface area contributed by atoms with Crippen molar-refractivity contribution in [3.8, 4) is 0 Å². The fourth-order valence-corrected chi connectivity index (χ4v) is 3.68. The molecule has 0 spiro atoms. The van der Waals surface area contributed by atoms with Gasteiger partial charge in [-0.3, -0.25) is 0 Å². The van der Waals surface area contributed by atoms with E-state index >= 15 is 0 Å². The summed E-state index contributed by atoms with van der Waals surface area (Å²) in [7, 11) is 0. The van der Waals surface area contributed by atoms with Crippen molar-refractivity contribution in [1.82, 2.24) is 0 Å². The van der Waals surface area contributed by atoms with Crippen molar-refractivity contribution >= 4 is 11.6 Å². The van der Waals surface area contributed by atoms with Gasteiger partial charge in [-0.25, -0.2) is 0 Å². The number of aliphatic hydroxyl groups is 1. The van der Waals surface area contributed by atoms with Gasteiger partial charge in [0.15, 0.2) is 0 Å². The molecule has 0 aromatic heterocycles. The van der Waals surface area contributed by atoms with Gasteiger partial charge in [0.25, 0.3) is 0 Å². The molecule has 1 nitrogen and oxygen atoms in total. The molecule has 1 aliphatic rings. The van der Waals surface area contributed by atoms with Crippen molar-refractivity contribution in [3.63, 3.8) is 0 Å². The van der Waals surface area contributed by atoms with Gasteiger partial charge < -0.3 is 5.11 Å². The van der Waals surface area contributed by atoms with Crippen LogP contribution in [0.2, 0.25) is 5.02 Å². The van der Waals surface area contributed by atoms with Crippen molar-refractivity contribution < 1.29 is 5.11 Å². The topological polar surface area (TPSA) is 20.2 Å². The van der Waals surface area contributed by atoms with Crippen LogP contribution in [-0.4, -0.2) is 11.2 Å². The van der Waals surface area contributed by atoms with Crippen molar-refractivity contribution in [2.24, 2.45) is 16.7 Å². The quantitative estimate of drug-likeness (QED) is 0.868. The minimum absolute atomic E-state index is 0.212. The maximum Gasteiger partial charge on any atom is 0.0619 e. The average molecular weight is 267 g/mol. The SMILES string of the molecule is Cc1ccc(CC(O)C2C(C)(C)C2(C)C)c(Cl)c1. The van der Waals surface area contributed by atoms with Gasteiger partial charge in [0.1, 0.15) is 0 Å². The van der Waals surface area contributed by atoms with E-state index in [-0.39, 0.29) is 16.9 Å². The lowest BCUT2D eigenvalue weighted by atomic mass is 9.99. The highest BCUT2D eigenvalue weighted by atomic mass is 35.5. The number of rotatable bonds is 3. The van der Waals surface area contributed by atoms with Gasteiger partial charge in [0.2, 0.25) is 0 Å². The second-order valence-corrected chi connectivity index (χ2v) is 7.19. The van der Waals surface area contributed by atoms with Crippen molar-refractivity contribution in [1.29, 1.82) is 0 Å². The van der Waals surface area contributed by atoms with E-state index in [2.05, 4.69) is 33.8 Å². The predicted molar refractivity (Wildman–Crippen MR) is 77.0 cm³/mol. The van der Waals surface area contributed by atoms with E-state index in [0.717, 1.165) is 16.1 Å². The van der Waals surface area contributed by atoms with Gasteiger partial charge in [-0.15, -0.1) is 0 Å². The Labute approximate surface area is 115 Å². The molecular formula is C16H23ClO. The first kappa shape index (κ1) is 13.9. The molecule has 0 saturated heterocycles. The van der Waals surface area contributed by atoms with Gasteiger partial charge in [-0.1, -0.05) is 51.4 Å². The maximum absolute atomic E-state index is 10.4. The first-order valence-corrected chi connectivity index (χ1v) is 6.99. The fourth-order valence-electron chi connectivity index (χ4n) is 3.37. The third kappa shape index (κ3) is 2.08. The van der Waals surface area contributed by atoms with E-state index < -0.39 is 0 Å². The first-order chi connectivity index (χ1) is 8.18. The van der Waals surface area contributed by atoms with Gasteiger partial charge in [-0.05, 0) is 40.9 Å². The molecule has 1 aromatic rings. The van der Waals surface area contributed by atoms with Crippen LogP contribution in [0.15, 0.2) is 18.2 Å². The monoisotopic (exact) mass is 266 g/mol. The normalized spacial score (nSPS) is 22.8. The molecule has 0 amide bonds. The molecule has 2 heteroatoms. The zero-order valence-electron chi connectivity index (χ0n) is 11.9. The highest BCUT2D eigenvalue weighted by Gasteiger charge is 2.66. The molecule has 1 aromatic carbocycles. The van der Waals surface area contributed by atoms with Gasteiger partial charge in [0.05, 0.1) is 6.10 Å². The Morgan fingerprint density at radius 2 is 1.78 bits per heavy atom. The maximum atomic E-state index is 10.4. The number of hydrogen-bond donors (Lipinski definition) is 1. The lowest BCUT2D eigenvalue weighted by Gasteiger charge is -2.14. The Kier molecular flexibility index (Phi) is 3.28. The number of aliphatic hydroxyl groups excluding tert-OH is 1. The number of benzene rings is 1. The molecule has 1 aliphatic carbocycles. The van der Waals surface area contributed by atoms with E-state index in [0.29, 0.717) is 12.3 Å². The summed E-state index contributed by atoms with van der Waals surface area (Å²) in [6, 6.07) is 6.05. The second-order valence-electron chi connectivity index (χ2n) is 6.79. The molecule has 18 heavy (non-hydrogen) atoms. The zero-order valence-corrected chi connectivity index (χ0v) is 12.7. The molecule has 1 saturated carbocycles. The van der Waals surface area contributed by atoms with Gasteiger partial charge >= 0.3 is 0 Å². The van der Waals surface area contributed by atoms with E-state index in [1.165, 1.54) is 0 Å². The highest BCUT2D eigenvalue weighted by molar-refractivity contribution is 6.31. The molecular weight excluding hydrogens is 244 g/mol. The van der Waals surface area contributed by atoms with Crippen LogP contribution >= 0.6 is 11.6 Å². The third-order valence-electron chi connectivity index (χ3n) is 5.15. The molecule has 1 unspecified atom stereocenters. The van der Waals surface area contributed by atoms with Crippen molar-refractivity contribution in [2.45, 2.75) is 47.1 Å². The van der Waals surface area contributed by atoms with Crippen LogP contribution in [-0.2, 0) is 6.42 Å². The van der Waals surface area contributed by atoms with Crippen LogP contribution in [0.3, 0.4) is 0 Å². The summed E-state index contributed by atoms with van der Waals surface area (Å²) in [6.07, 6.45) is 0.339. The smallest absolute Gasteiger partial charge is 0.0619 e. The van der Waals surface area contributed by atoms with Crippen LogP contribution in [0.1, 0.15) is 38.8 Å². The molecule has 1 atom stereocenters. The van der Waals surface area contributed by atoms with E-state index in [1.807, 2.05) is 19.1 Å². The largest absolute Gasteiger partial charge is 0.392 e. The fraction of sp³-hybridized carbons (Fsp3) is 0.625. The minimum atomic E-state index is -0.310. The standard InChI is InChI=1S/C16H23ClO/c1-10-6-7-11(12(17)8-10)9-13(18)14-15(2,3)16(14,4)5/h6-8,13-14,18H,9H2,1-5H3. The van der Waals surface area contributed by atoms with Crippen LogP contribution in [0.4, 0.5) is 0 Å². The summed E-state index contributed by atoms with van der Waals surface area (Å²) in [6.45, 7) is 11.0. The summed E-state index contributed by atoms with van der Waals surface area (Å²) in [5, 5.41) is 11.2. The summed E-state index contributed by atoms with van der Waals surface area (Å²) in [5.74, 6) is 0.349. The van der Waals surface area contributed by atoms with E-state index in [9.17, 15) is 5.11 Å². The lowest BCUT2D eigenvalue weighted by Crippen LogP contribution is -2.17. The molecule has 1 fully saturated rings. The van der Waals surface area contributed by atoms with Crippen molar-refractivity contribution in [3.05, 3.63) is 34.3 Å². The summed E-state index contributed by atoms with van der Waals surface area (Å²) in [4.78, 5) is 0. The van der Waals surface area contributed by atoms with E-state index in [4.69, 9.17) is 11.6 Å². The third-order valence-corrected chi connectivity index (χ3v) is 5.51. The Morgan fingerprint density at radius 3 is 2.22 bits per heavy atom. The minimum Gasteiger partial charge on any atom is -0.392 e. The summed E-state index contributed by atoms with van der Waals surface area (Å²) >= 11 is 6.23. The molecule has 1 N–H and O–H groups in total. The lowest BCUT2D eigenvalue weighted by molar-refractivity contribution is 0.129. The second kappa shape index (κ2) is 4.25. The number of aryl methyl sites for hydroxylation is 1. The average Bonchev–Trinajstić information content (AvgIpc) is 2.62. The molecule has 0 bridgehead atoms.